The summed E-state index contributed by atoms with van der Waals surface area (Å²) >= 11 is 0. The Kier molecular flexibility index (Phi) is 5.18. The summed E-state index contributed by atoms with van der Waals surface area (Å²) in [6, 6.07) is 13.0. The van der Waals surface area contributed by atoms with Crippen LogP contribution in [0.15, 0.2) is 59.2 Å². The first kappa shape index (κ1) is 18.0. The van der Waals surface area contributed by atoms with Crippen molar-refractivity contribution in [2.24, 2.45) is 0 Å². The molecule has 0 atom stereocenters. The number of furan rings is 1. The molecule has 3 aromatic rings. The molecule has 0 aliphatic carbocycles. The van der Waals surface area contributed by atoms with Crippen LogP contribution in [0.2, 0.25) is 0 Å². The Bertz CT molecular complexity index is 906. The average molecular weight is 382 g/mol. The van der Waals surface area contributed by atoms with Gasteiger partial charge in [0.15, 0.2) is 18.2 Å². The van der Waals surface area contributed by atoms with Gasteiger partial charge in [0.05, 0.1) is 6.26 Å². The lowest BCUT2D eigenvalue weighted by Crippen LogP contribution is -2.50. The topological polar surface area (TPSA) is 71.7 Å². The predicted molar refractivity (Wildman–Crippen MR) is 100 cm³/mol. The van der Waals surface area contributed by atoms with Crippen LogP contribution in [0.3, 0.4) is 0 Å². The fourth-order valence-electron chi connectivity index (χ4n) is 3.00. The van der Waals surface area contributed by atoms with Crippen molar-refractivity contribution >= 4 is 11.7 Å². The second-order valence-corrected chi connectivity index (χ2v) is 6.36. The smallest absolute Gasteiger partial charge is 0.260 e. The number of carbonyl (C=O) groups is 1. The van der Waals surface area contributed by atoms with Gasteiger partial charge in [-0.3, -0.25) is 4.79 Å². The first-order chi connectivity index (χ1) is 13.7. The minimum Gasteiger partial charge on any atom is -0.484 e. The van der Waals surface area contributed by atoms with Crippen LogP contribution in [-0.2, 0) is 4.79 Å². The molecule has 8 heteroatoms. The SMILES string of the molecule is O=C(COc1ccc(F)cc1)N1CCN(c2ccc(-c3ccco3)nn2)CC1. The Morgan fingerprint density at radius 2 is 1.82 bits per heavy atom. The number of anilines is 1. The van der Waals surface area contributed by atoms with Crippen molar-refractivity contribution in [1.82, 2.24) is 15.1 Å². The summed E-state index contributed by atoms with van der Waals surface area (Å²) in [7, 11) is 0. The summed E-state index contributed by atoms with van der Waals surface area (Å²) < 4.78 is 23.6. The fourth-order valence-corrected chi connectivity index (χ4v) is 3.00. The van der Waals surface area contributed by atoms with Gasteiger partial charge in [0.25, 0.3) is 5.91 Å². The molecule has 1 amide bonds. The molecule has 1 fully saturated rings. The van der Waals surface area contributed by atoms with Gasteiger partial charge in [-0.2, -0.15) is 0 Å². The van der Waals surface area contributed by atoms with Crippen LogP contribution in [0.4, 0.5) is 10.2 Å². The van der Waals surface area contributed by atoms with E-state index in [-0.39, 0.29) is 18.3 Å². The molecule has 4 rings (SSSR count). The molecule has 0 radical (unpaired) electrons. The van der Waals surface area contributed by atoms with E-state index < -0.39 is 0 Å². The van der Waals surface area contributed by atoms with Crippen LogP contribution < -0.4 is 9.64 Å². The quantitative estimate of drug-likeness (QED) is 0.676. The summed E-state index contributed by atoms with van der Waals surface area (Å²) in [5.41, 5.74) is 0.681. The first-order valence-corrected chi connectivity index (χ1v) is 8.98. The Morgan fingerprint density at radius 3 is 2.46 bits per heavy atom. The molecule has 0 saturated carbocycles. The number of rotatable bonds is 5. The van der Waals surface area contributed by atoms with Crippen molar-refractivity contribution < 1.29 is 18.3 Å². The summed E-state index contributed by atoms with van der Waals surface area (Å²) in [5.74, 6) is 1.49. The molecule has 144 valence electrons. The van der Waals surface area contributed by atoms with E-state index in [1.54, 1.807) is 17.2 Å². The van der Waals surface area contributed by atoms with Crippen molar-refractivity contribution in [1.29, 1.82) is 0 Å². The van der Waals surface area contributed by atoms with Crippen molar-refractivity contribution in [3.63, 3.8) is 0 Å². The van der Waals surface area contributed by atoms with Crippen molar-refractivity contribution in [2.45, 2.75) is 0 Å². The van der Waals surface area contributed by atoms with E-state index in [2.05, 4.69) is 15.1 Å². The van der Waals surface area contributed by atoms with E-state index in [1.165, 1.54) is 24.3 Å². The third kappa shape index (κ3) is 4.11. The van der Waals surface area contributed by atoms with Crippen LogP contribution in [0, 0.1) is 5.82 Å². The van der Waals surface area contributed by atoms with Gasteiger partial charge in [-0.15, -0.1) is 10.2 Å². The Labute approximate surface area is 161 Å². The normalized spacial score (nSPS) is 14.2. The maximum atomic E-state index is 12.9. The standard InChI is InChI=1S/C20H19FN4O3/c21-15-3-5-16(6-4-15)28-14-20(26)25-11-9-24(10-12-25)19-8-7-17(22-23-19)18-2-1-13-27-18/h1-8,13H,9-12,14H2. The maximum Gasteiger partial charge on any atom is 0.260 e. The molecule has 3 heterocycles. The zero-order valence-corrected chi connectivity index (χ0v) is 15.1. The highest BCUT2D eigenvalue weighted by Crippen LogP contribution is 2.19. The van der Waals surface area contributed by atoms with Gasteiger partial charge in [0, 0.05) is 26.2 Å². The van der Waals surface area contributed by atoms with Gasteiger partial charge in [-0.25, -0.2) is 4.39 Å². The van der Waals surface area contributed by atoms with Crippen molar-refractivity contribution in [3.8, 4) is 17.2 Å². The van der Waals surface area contributed by atoms with E-state index in [0.717, 1.165) is 5.82 Å². The van der Waals surface area contributed by atoms with Gasteiger partial charge >= 0.3 is 0 Å². The summed E-state index contributed by atoms with van der Waals surface area (Å²) in [5, 5.41) is 8.48. The van der Waals surface area contributed by atoms with E-state index >= 15 is 0 Å². The number of piperazine rings is 1. The zero-order chi connectivity index (χ0) is 19.3. The molecule has 7 nitrogen and oxygen atoms in total. The highest BCUT2D eigenvalue weighted by atomic mass is 19.1. The number of hydrogen-bond donors (Lipinski definition) is 0. The molecule has 0 N–H and O–H groups in total. The summed E-state index contributed by atoms with van der Waals surface area (Å²) in [4.78, 5) is 16.2. The molecule has 28 heavy (non-hydrogen) atoms. The minimum atomic E-state index is -0.338. The number of carbonyl (C=O) groups excluding carboxylic acids is 1. The predicted octanol–water partition coefficient (Wildman–Crippen LogP) is 2.60. The van der Waals surface area contributed by atoms with E-state index in [4.69, 9.17) is 9.15 Å². The number of hydrogen-bond acceptors (Lipinski definition) is 6. The molecule has 1 aliphatic rings. The second-order valence-electron chi connectivity index (χ2n) is 6.36. The van der Waals surface area contributed by atoms with Crippen LogP contribution in [0.5, 0.6) is 5.75 Å². The number of nitrogens with zero attached hydrogens (tertiary/aromatic N) is 4. The van der Waals surface area contributed by atoms with Gasteiger partial charge in [-0.05, 0) is 48.5 Å². The molecular formula is C20H19FN4O3. The Morgan fingerprint density at radius 1 is 1.04 bits per heavy atom. The highest BCUT2D eigenvalue weighted by molar-refractivity contribution is 5.78. The van der Waals surface area contributed by atoms with Gasteiger partial charge in [0.2, 0.25) is 0 Å². The summed E-state index contributed by atoms with van der Waals surface area (Å²) in [6.45, 7) is 2.41. The van der Waals surface area contributed by atoms with Gasteiger partial charge in [0.1, 0.15) is 17.3 Å². The molecular weight excluding hydrogens is 363 g/mol. The monoisotopic (exact) mass is 382 g/mol. The molecule has 1 saturated heterocycles. The number of ether oxygens (including phenoxy) is 1. The average Bonchev–Trinajstić information content (AvgIpc) is 3.28. The van der Waals surface area contributed by atoms with Gasteiger partial charge < -0.3 is 19.0 Å². The van der Waals surface area contributed by atoms with E-state index in [9.17, 15) is 9.18 Å². The number of benzene rings is 1. The van der Waals surface area contributed by atoms with Crippen molar-refractivity contribution in [3.05, 3.63) is 60.6 Å². The lowest BCUT2D eigenvalue weighted by molar-refractivity contribution is -0.133. The minimum absolute atomic E-state index is 0.0662. The highest BCUT2D eigenvalue weighted by Gasteiger charge is 2.22. The fraction of sp³-hybridized carbons (Fsp3) is 0.250. The van der Waals surface area contributed by atoms with Crippen LogP contribution >= 0.6 is 0 Å². The number of amides is 1. The summed E-state index contributed by atoms with van der Waals surface area (Å²) in [6.07, 6.45) is 1.60. The molecule has 0 bridgehead atoms. The number of aromatic nitrogens is 2. The first-order valence-electron chi connectivity index (χ1n) is 8.98. The zero-order valence-electron chi connectivity index (χ0n) is 15.1. The molecule has 0 spiro atoms. The molecule has 1 aromatic carbocycles. The van der Waals surface area contributed by atoms with E-state index in [0.29, 0.717) is 43.4 Å². The van der Waals surface area contributed by atoms with E-state index in [1.807, 2.05) is 18.2 Å². The van der Waals surface area contributed by atoms with Crippen molar-refractivity contribution in [2.75, 3.05) is 37.7 Å². The molecule has 1 aliphatic heterocycles. The lowest BCUT2D eigenvalue weighted by Gasteiger charge is -2.35. The van der Waals surface area contributed by atoms with Crippen LogP contribution in [-0.4, -0.2) is 53.8 Å². The maximum absolute atomic E-state index is 12.9. The largest absolute Gasteiger partial charge is 0.484 e. The molecule has 0 unspecified atom stereocenters. The lowest BCUT2D eigenvalue weighted by atomic mass is 10.2. The van der Waals surface area contributed by atoms with Crippen LogP contribution in [0.1, 0.15) is 0 Å². The number of halogens is 1. The third-order valence-corrected chi connectivity index (χ3v) is 4.56. The second kappa shape index (κ2) is 8.08. The van der Waals surface area contributed by atoms with Crippen LogP contribution in [0.25, 0.3) is 11.5 Å². The Balaban J connectivity index is 1.28. The van der Waals surface area contributed by atoms with Gasteiger partial charge in [-0.1, -0.05) is 0 Å². The molecule has 2 aromatic heterocycles. The Hall–Kier alpha value is -3.42. The third-order valence-electron chi connectivity index (χ3n) is 4.56.